The third-order valence-electron chi connectivity index (χ3n) is 5.57. The molecule has 0 saturated carbocycles. The first-order chi connectivity index (χ1) is 11.1. The highest BCUT2D eigenvalue weighted by Gasteiger charge is 2.37. The summed E-state index contributed by atoms with van der Waals surface area (Å²) in [6.07, 6.45) is 4.84. The monoisotopic (exact) mass is 402 g/mol. The van der Waals surface area contributed by atoms with Crippen molar-refractivity contribution in [2.45, 2.75) is 65.2 Å². The van der Waals surface area contributed by atoms with E-state index in [1.165, 1.54) is 34.4 Å². The van der Waals surface area contributed by atoms with Crippen LogP contribution in [-0.2, 0) is 10.8 Å². The van der Waals surface area contributed by atoms with E-state index in [-0.39, 0.29) is 10.8 Å². The van der Waals surface area contributed by atoms with Crippen molar-refractivity contribution in [3.63, 3.8) is 0 Å². The quantitative estimate of drug-likeness (QED) is 0.481. The number of hydrogen-bond acceptors (Lipinski definition) is 1. The van der Waals surface area contributed by atoms with Crippen molar-refractivity contribution in [3.8, 4) is 0 Å². The molecule has 0 fully saturated rings. The van der Waals surface area contributed by atoms with Gasteiger partial charge in [-0.2, -0.15) is 0 Å². The van der Waals surface area contributed by atoms with Crippen molar-refractivity contribution >= 4 is 38.9 Å². The van der Waals surface area contributed by atoms with Crippen molar-refractivity contribution in [1.82, 2.24) is 0 Å². The maximum Gasteiger partial charge on any atom is 0.0288 e. The van der Waals surface area contributed by atoms with Gasteiger partial charge in [0, 0.05) is 14.7 Å². The lowest BCUT2D eigenvalue weighted by Gasteiger charge is -2.42. The molecule has 1 aromatic heterocycles. The molecule has 3 rings (SSSR count). The van der Waals surface area contributed by atoms with Crippen molar-refractivity contribution in [2.24, 2.45) is 0 Å². The van der Waals surface area contributed by atoms with E-state index in [0.29, 0.717) is 0 Å². The molecule has 128 valence electrons. The zero-order valence-electron chi connectivity index (χ0n) is 15.6. The molecule has 0 N–H and O–H groups in total. The lowest BCUT2D eigenvalue weighted by molar-refractivity contribution is 0.331. The molecule has 1 heterocycles. The predicted molar refractivity (Wildman–Crippen MR) is 112 cm³/mol. The SMILES string of the molecule is CC(=Cc1cc(Br)cs1)c1cc2c(cc1C)C(C)(C)CCC2(C)C. The Morgan fingerprint density at radius 3 is 2.17 bits per heavy atom. The molecule has 1 aliphatic rings. The van der Waals surface area contributed by atoms with Gasteiger partial charge in [-0.05, 0) is 93.4 Å². The lowest BCUT2D eigenvalue weighted by Crippen LogP contribution is -2.34. The molecule has 2 aromatic rings. The fourth-order valence-corrected chi connectivity index (χ4v) is 5.28. The molecular weight excluding hydrogens is 376 g/mol. The van der Waals surface area contributed by atoms with E-state index >= 15 is 0 Å². The molecule has 0 bridgehead atoms. The van der Waals surface area contributed by atoms with Crippen LogP contribution in [0.4, 0.5) is 0 Å². The van der Waals surface area contributed by atoms with Crippen molar-refractivity contribution in [1.29, 1.82) is 0 Å². The summed E-state index contributed by atoms with van der Waals surface area (Å²) >= 11 is 5.33. The molecule has 0 nitrogen and oxygen atoms in total. The first-order valence-corrected chi connectivity index (χ1v) is 10.4. The number of halogens is 1. The third kappa shape index (κ3) is 3.28. The van der Waals surface area contributed by atoms with E-state index in [2.05, 4.69) is 87.1 Å². The number of thiophene rings is 1. The summed E-state index contributed by atoms with van der Waals surface area (Å²) in [5.41, 5.74) is 7.77. The van der Waals surface area contributed by atoms with Crippen LogP contribution in [0, 0.1) is 6.92 Å². The van der Waals surface area contributed by atoms with Crippen LogP contribution in [0.5, 0.6) is 0 Å². The minimum Gasteiger partial charge on any atom is -0.143 e. The molecule has 0 spiro atoms. The summed E-state index contributed by atoms with van der Waals surface area (Å²) in [5, 5.41) is 2.14. The highest BCUT2D eigenvalue weighted by Crippen LogP contribution is 2.47. The summed E-state index contributed by atoms with van der Waals surface area (Å²) in [4.78, 5) is 1.30. The number of benzene rings is 1. The Morgan fingerprint density at radius 2 is 1.62 bits per heavy atom. The third-order valence-corrected chi connectivity index (χ3v) is 7.21. The fourth-order valence-electron chi connectivity index (χ4n) is 3.84. The second kappa shape index (κ2) is 6.14. The fraction of sp³-hybridized carbons (Fsp3) is 0.455. The molecular formula is C22H27BrS. The van der Waals surface area contributed by atoms with Crippen molar-refractivity contribution < 1.29 is 0 Å². The molecule has 0 saturated heterocycles. The van der Waals surface area contributed by atoms with Crippen LogP contribution < -0.4 is 0 Å². The Bertz CT molecular complexity index is 805. The standard InChI is InChI=1S/C22H27BrS/c1-14(9-17-11-16(23)13-24-17)18-12-20-19(10-15(18)2)21(3,4)7-8-22(20,5)6/h9-13H,7-8H2,1-6H3. The zero-order valence-corrected chi connectivity index (χ0v) is 18.0. The van der Waals surface area contributed by atoms with Crippen LogP contribution in [0.1, 0.15) is 74.6 Å². The van der Waals surface area contributed by atoms with Crippen LogP contribution in [0.25, 0.3) is 11.6 Å². The first-order valence-electron chi connectivity index (χ1n) is 8.68. The maximum absolute atomic E-state index is 3.55. The van der Waals surface area contributed by atoms with E-state index < -0.39 is 0 Å². The van der Waals surface area contributed by atoms with Gasteiger partial charge in [-0.3, -0.25) is 0 Å². The van der Waals surface area contributed by atoms with Gasteiger partial charge in [0.2, 0.25) is 0 Å². The normalized spacial score (nSPS) is 19.2. The van der Waals surface area contributed by atoms with Crippen LogP contribution in [0.2, 0.25) is 0 Å². The molecule has 2 heteroatoms. The number of rotatable bonds is 2. The van der Waals surface area contributed by atoms with E-state index in [0.717, 1.165) is 4.47 Å². The molecule has 0 unspecified atom stereocenters. The van der Waals surface area contributed by atoms with Gasteiger partial charge in [0.15, 0.2) is 0 Å². The van der Waals surface area contributed by atoms with E-state index in [1.54, 1.807) is 22.5 Å². The van der Waals surface area contributed by atoms with Crippen molar-refractivity contribution in [3.05, 3.63) is 55.2 Å². The van der Waals surface area contributed by atoms with Gasteiger partial charge in [-0.1, -0.05) is 39.8 Å². The molecule has 0 atom stereocenters. The average Bonchev–Trinajstić information content (AvgIpc) is 2.88. The van der Waals surface area contributed by atoms with Crippen LogP contribution in [-0.4, -0.2) is 0 Å². The Kier molecular flexibility index (Phi) is 4.59. The van der Waals surface area contributed by atoms with Crippen LogP contribution in [0.15, 0.2) is 28.1 Å². The summed E-state index contributed by atoms with van der Waals surface area (Å²) in [6, 6.07) is 7.11. The molecule has 0 aliphatic heterocycles. The minimum absolute atomic E-state index is 0.263. The average molecular weight is 403 g/mol. The Balaban J connectivity index is 2.12. The second-order valence-corrected chi connectivity index (χ2v) is 10.3. The highest BCUT2D eigenvalue weighted by molar-refractivity contribution is 9.10. The molecule has 1 aromatic carbocycles. The predicted octanol–water partition coefficient (Wildman–Crippen LogP) is 7.73. The van der Waals surface area contributed by atoms with Gasteiger partial charge in [-0.25, -0.2) is 0 Å². The Hall–Kier alpha value is -0.860. The lowest BCUT2D eigenvalue weighted by atomic mass is 9.62. The minimum atomic E-state index is 0.263. The summed E-state index contributed by atoms with van der Waals surface area (Å²) in [7, 11) is 0. The van der Waals surface area contributed by atoms with Gasteiger partial charge < -0.3 is 0 Å². The summed E-state index contributed by atoms with van der Waals surface area (Å²) in [5.74, 6) is 0. The van der Waals surface area contributed by atoms with Crippen LogP contribution in [0.3, 0.4) is 0 Å². The first kappa shape index (κ1) is 17.9. The summed E-state index contributed by atoms with van der Waals surface area (Å²) in [6.45, 7) is 14.1. The van der Waals surface area contributed by atoms with Gasteiger partial charge in [0.25, 0.3) is 0 Å². The summed E-state index contributed by atoms with van der Waals surface area (Å²) < 4.78 is 1.16. The van der Waals surface area contributed by atoms with Gasteiger partial charge >= 0.3 is 0 Å². The highest BCUT2D eigenvalue weighted by atomic mass is 79.9. The van der Waals surface area contributed by atoms with Gasteiger partial charge in [0.05, 0.1) is 0 Å². The van der Waals surface area contributed by atoms with E-state index in [9.17, 15) is 0 Å². The Labute approximate surface area is 159 Å². The van der Waals surface area contributed by atoms with E-state index in [1.807, 2.05) is 0 Å². The molecule has 1 aliphatic carbocycles. The maximum atomic E-state index is 3.55. The smallest absolute Gasteiger partial charge is 0.0288 e. The Morgan fingerprint density at radius 1 is 1.04 bits per heavy atom. The number of hydrogen-bond donors (Lipinski definition) is 0. The van der Waals surface area contributed by atoms with Crippen LogP contribution >= 0.6 is 27.3 Å². The molecule has 0 radical (unpaired) electrons. The zero-order chi connectivity index (χ0) is 17.7. The molecule has 0 amide bonds. The van der Waals surface area contributed by atoms with Crippen molar-refractivity contribution in [2.75, 3.05) is 0 Å². The number of fused-ring (bicyclic) bond motifs is 1. The van der Waals surface area contributed by atoms with Gasteiger partial charge in [0.1, 0.15) is 0 Å². The van der Waals surface area contributed by atoms with E-state index in [4.69, 9.17) is 0 Å². The molecule has 24 heavy (non-hydrogen) atoms. The van der Waals surface area contributed by atoms with Gasteiger partial charge in [-0.15, -0.1) is 11.3 Å². The topological polar surface area (TPSA) is 0 Å². The largest absolute Gasteiger partial charge is 0.143 e. The number of allylic oxidation sites excluding steroid dienone is 1. The second-order valence-electron chi connectivity index (χ2n) is 8.48. The number of aryl methyl sites for hydroxylation is 1.